The van der Waals surface area contributed by atoms with Crippen molar-refractivity contribution < 1.29 is 8.78 Å². The van der Waals surface area contributed by atoms with Crippen LogP contribution in [0.4, 0.5) is 14.7 Å². The summed E-state index contributed by atoms with van der Waals surface area (Å²) in [6, 6.07) is 4.79. The fourth-order valence-electron chi connectivity index (χ4n) is 6.10. The highest BCUT2D eigenvalue weighted by atomic mass is 19.3. The Morgan fingerprint density at radius 1 is 1.00 bits per heavy atom. The second-order valence-corrected chi connectivity index (χ2v) is 11.0. The van der Waals surface area contributed by atoms with Crippen molar-refractivity contribution in [1.82, 2.24) is 38.9 Å². The maximum atomic E-state index is 13.6. The van der Waals surface area contributed by atoms with Crippen molar-refractivity contribution in [3.63, 3.8) is 0 Å². The number of nitrogens with zero attached hydrogens (tertiary/aromatic N) is 8. The minimum absolute atomic E-state index is 0.153. The Morgan fingerprint density at radius 3 is 2.54 bits per heavy atom. The molecule has 5 heterocycles. The van der Waals surface area contributed by atoms with E-state index in [2.05, 4.69) is 37.1 Å². The molecule has 9 nitrogen and oxygen atoms in total. The highest BCUT2D eigenvalue weighted by Gasteiger charge is 2.47. The molecule has 0 radical (unpaired) electrons. The van der Waals surface area contributed by atoms with Gasteiger partial charge in [0.25, 0.3) is 5.92 Å². The molecular weight excluding hydrogens is 476 g/mol. The third kappa shape index (κ3) is 4.04. The lowest BCUT2D eigenvalue weighted by Gasteiger charge is -2.46. The van der Waals surface area contributed by atoms with E-state index >= 15 is 0 Å². The summed E-state index contributed by atoms with van der Waals surface area (Å²) in [5.74, 6) is -1.25. The number of nitrogens with one attached hydrogen (secondary N) is 1. The molecule has 0 bridgehead atoms. The van der Waals surface area contributed by atoms with Gasteiger partial charge in [0.15, 0.2) is 5.65 Å². The van der Waals surface area contributed by atoms with Gasteiger partial charge in [-0.1, -0.05) is 0 Å². The number of imidazole rings is 1. The number of halogens is 2. The van der Waals surface area contributed by atoms with Crippen molar-refractivity contribution in [2.24, 2.45) is 0 Å². The van der Waals surface area contributed by atoms with Crippen molar-refractivity contribution >= 4 is 22.6 Å². The van der Waals surface area contributed by atoms with Gasteiger partial charge in [-0.3, -0.25) is 4.90 Å². The fourth-order valence-corrected chi connectivity index (χ4v) is 6.10. The van der Waals surface area contributed by atoms with Crippen LogP contribution in [0.1, 0.15) is 37.5 Å². The van der Waals surface area contributed by atoms with E-state index in [-0.39, 0.29) is 18.9 Å². The Kier molecular flexibility index (Phi) is 5.23. The Hall–Kier alpha value is -3.18. The number of piperazine rings is 1. The Balaban J connectivity index is 1.08. The predicted molar refractivity (Wildman–Crippen MR) is 137 cm³/mol. The summed E-state index contributed by atoms with van der Waals surface area (Å²) in [5, 5.41) is 8.19. The molecule has 1 saturated heterocycles. The number of fused-ring (bicyclic) bond motifs is 2. The first kappa shape index (κ1) is 23.0. The molecule has 37 heavy (non-hydrogen) atoms. The van der Waals surface area contributed by atoms with Crippen molar-refractivity contribution in [1.29, 1.82) is 0 Å². The van der Waals surface area contributed by atoms with Crippen molar-refractivity contribution in [3.05, 3.63) is 36.5 Å². The van der Waals surface area contributed by atoms with Crippen LogP contribution in [0.3, 0.4) is 0 Å². The third-order valence-corrected chi connectivity index (χ3v) is 8.39. The average molecular weight is 508 g/mol. The number of rotatable bonds is 5. The zero-order valence-electron chi connectivity index (χ0n) is 21.1. The zero-order chi connectivity index (χ0) is 25.3. The zero-order valence-corrected chi connectivity index (χ0v) is 21.1. The first-order valence-corrected chi connectivity index (χ1v) is 13.1. The van der Waals surface area contributed by atoms with Crippen LogP contribution in [0, 0.1) is 6.92 Å². The van der Waals surface area contributed by atoms with E-state index in [1.165, 1.54) is 0 Å². The maximum Gasteiger partial charge on any atom is 0.252 e. The number of hydrogen-bond acceptors (Lipinski definition) is 7. The monoisotopic (exact) mass is 507 g/mol. The third-order valence-electron chi connectivity index (χ3n) is 8.39. The number of alkyl halides is 2. The summed E-state index contributed by atoms with van der Waals surface area (Å²) in [5.41, 5.74) is 4.07. The fraction of sp³-hybridized carbons (Fsp3) is 0.538. The van der Waals surface area contributed by atoms with E-state index in [1.807, 2.05) is 40.5 Å². The van der Waals surface area contributed by atoms with Gasteiger partial charge < -0.3 is 14.8 Å². The Morgan fingerprint density at radius 2 is 1.78 bits per heavy atom. The van der Waals surface area contributed by atoms with Gasteiger partial charge in [-0.2, -0.15) is 0 Å². The van der Waals surface area contributed by atoms with E-state index < -0.39 is 5.92 Å². The van der Waals surface area contributed by atoms with Gasteiger partial charge in [0, 0.05) is 80.7 Å². The van der Waals surface area contributed by atoms with Crippen molar-refractivity contribution in [3.8, 4) is 11.1 Å². The molecule has 3 fully saturated rings. The molecule has 3 aliphatic rings. The molecule has 7 rings (SSSR count). The average Bonchev–Trinajstić information content (AvgIpc) is 3.39. The second-order valence-electron chi connectivity index (χ2n) is 11.0. The van der Waals surface area contributed by atoms with Crippen LogP contribution in [-0.4, -0.2) is 90.2 Å². The van der Waals surface area contributed by atoms with Crippen LogP contribution in [0.25, 0.3) is 27.8 Å². The molecule has 0 aromatic carbocycles. The number of anilines is 1. The van der Waals surface area contributed by atoms with Gasteiger partial charge in [-0.25, -0.2) is 28.2 Å². The number of hydrogen-bond donors (Lipinski definition) is 1. The molecule has 2 saturated carbocycles. The summed E-state index contributed by atoms with van der Waals surface area (Å²) < 4.78 is 30.9. The van der Waals surface area contributed by atoms with Crippen LogP contribution in [-0.2, 0) is 0 Å². The summed E-state index contributed by atoms with van der Waals surface area (Å²) in [4.78, 5) is 18.6. The molecule has 1 N–H and O–H groups in total. The van der Waals surface area contributed by atoms with Gasteiger partial charge in [-0.05, 0) is 38.9 Å². The van der Waals surface area contributed by atoms with Crippen LogP contribution in [0.15, 0.2) is 30.7 Å². The highest BCUT2D eigenvalue weighted by Crippen LogP contribution is 2.47. The van der Waals surface area contributed by atoms with Gasteiger partial charge in [-0.15, -0.1) is 5.10 Å². The smallest absolute Gasteiger partial charge is 0.252 e. The first-order valence-electron chi connectivity index (χ1n) is 13.1. The Bertz CT molecular complexity index is 1460. The van der Waals surface area contributed by atoms with E-state index in [9.17, 15) is 8.78 Å². The summed E-state index contributed by atoms with van der Waals surface area (Å²) in [6.45, 7) is 6.44. The van der Waals surface area contributed by atoms with Gasteiger partial charge in [0.2, 0.25) is 5.95 Å². The standard InChI is InChI=1S/C26H31F2N9/c1-16-31-24-22(37(16)20-12-26(27,28)13-20)9-17(14-29-24)21-3-4-36-23(21)15-30-25(33-36)32-18-10-19(11-18)35-7-5-34(2)6-8-35/h3-4,9,14-15,18-20H,5-8,10-13H2,1-2H3,(H,32,33)/t18-,19+. The van der Waals surface area contributed by atoms with Crippen LogP contribution in [0.2, 0.25) is 0 Å². The van der Waals surface area contributed by atoms with Gasteiger partial charge in [0.1, 0.15) is 5.82 Å². The van der Waals surface area contributed by atoms with Crippen molar-refractivity contribution in [2.45, 2.75) is 56.7 Å². The molecule has 194 valence electrons. The molecule has 0 unspecified atom stereocenters. The van der Waals surface area contributed by atoms with Crippen molar-refractivity contribution in [2.75, 3.05) is 38.5 Å². The van der Waals surface area contributed by atoms with E-state index in [4.69, 9.17) is 5.10 Å². The predicted octanol–water partition coefficient (Wildman–Crippen LogP) is 3.61. The molecule has 4 aromatic rings. The summed E-state index contributed by atoms with van der Waals surface area (Å²) in [7, 11) is 2.19. The maximum absolute atomic E-state index is 13.6. The van der Waals surface area contributed by atoms with E-state index in [0.29, 0.717) is 29.5 Å². The number of aryl methyl sites for hydroxylation is 1. The molecule has 11 heteroatoms. The molecular formula is C26H31F2N9. The number of pyridine rings is 1. The second kappa shape index (κ2) is 8.42. The molecule has 0 spiro atoms. The number of aromatic nitrogens is 6. The van der Waals surface area contributed by atoms with E-state index in [0.717, 1.165) is 61.2 Å². The number of likely N-dealkylation sites (N-methyl/N-ethyl adjacent to an activating group) is 1. The molecule has 0 amide bonds. The minimum Gasteiger partial charge on any atom is -0.350 e. The van der Waals surface area contributed by atoms with Gasteiger partial charge in [0.05, 0.1) is 17.2 Å². The quantitative estimate of drug-likeness (QED) is 0.442. The molecule has 4 aromatic heterocycles. The Labute approximate surface area is 213 Å². The van der Waals surface area contributed by atoms with E-state index in [1.54, 1.807) is 6.20 Å². The lowest BCUT2D eigenvalue weighted by atomic mass is 9.85. The first-order chi connectivity index (χ1) is 17.8. The van der Waals surface area contributed by atoms with Gasteiger partial charge >= 0.3 is 0 Å². The molecule has 2 aliphatic carbocycles. The summed E-state index contributed by atoms with van der Waals surface area (Å²) >= 11 is 0. The lowest BCUT2D eigenvalue weighted by molar-refractivity contribution is -0.103. The molecule has 0 atom stereocenters. The highest BCUT2D eigenvalue weighted by molar-refractivity contribution is 5.85. The van der Waals surface area contributed by atoms with Crippen LogP contribution < -0.4 is 5.32 Å². The van der Waals surface area contributed by atoms with Crippen LogP contribution >= 0.6 is 0 Å². The molecule has 1 aliphatic heterocycles. The minimum atomic E-state index is -2.59. The topological polar surface area (TPSA) is 79.4 Å². The lowest BCUT2D eigenvalue weighted by Crippen LogP contribution is -2.55. The largest absolute Gasteiger partial charge is 0.350 e. The summed E-state index contributed by atoms with van der Waals surface area (Å²) in [6.07, 6.45) is 7.47. The van der Waals surface area contributed by atoms with Crippen LogP contribution in [0.5, 0.6) is 0 Å². The normalized spacial score (nSPS) is 24.9. The SMILES string of the molecule is Cc1nc2ncc(-c3ccn4nc(N[C@H]5C[C@@H](N6CCN(C)CC6)C5)ncc34)cc2n1C1CC(F)(F)C1.